The molecule has 0 aromatic heterocycles. The Kier molecular flexibility index (Phi) is 3.50. The molecule has 0 aromatic carbocycles. The van der Waals surface area contributed by atoms with E-state index in [-0.39, 0.29) is 0 Å². The Morgan fingerprint density at radius 1 is 1.57 bits per heavy atom. The molecule has 0 aromatic rings. The Labute approximate surface area is 45.9 Å². The average molecular weight is 95.2 g/mol. The van der Waals surface area contributed by atoms with Gasteiger partial charge in [0.05, 0.1) is 0 Å². The highest BCUT2D eigenvalue weighted by Crippen LogP contribution is 1.94. The highest BCUT2D eigenvalue weighted by molar-refractivity contribution is 5.01. The van der Waals surface area contributed by atoms with Gasteiger partial charge in [-0.2, -0.15) is 0 Å². The Morgan fingerprint density at radius 2 is 2.14 bits per heavy atom. The number of rotatable bonds is 1. The highest BCUT2D eigenvalue weighted by atomic mass is 13.9. The van der Waals surface area contributed by atoms with Gasteiger partial charge in [-0.25, -0.2) is 0 Å². The molecule has 1 radical (unpaired) electrons. The minimum atomic E-state index is 0.689. The molecule has 0 unspecified atom stereocenters. The average Bonchev–Trinajstić information content (AvgIpc) is 1.61. The fourth-order valence-electron chi connectivity index (χ4n) is 0.276. The van der Waals surface area contributed by atoms with Crippen LogP contribution < -0.4 is 0 Å². The molecule has 0 aliphatic heterocycles. The molecule has 0 fully saturated rings. The first-order chi connectivity index (χ1) is 3.27. The van der Waals surface area contributed by atoms with Crippen LogP contribution in [-0.4, -0.2) is 0 Å². The zero-order valence-electron chi connectivity index (χ0n) is 4.99. The van der Waals surface area contributed by atoms with E-state index in [2.05, 4.69) is 32.6 Å². The fraction of sp³-hybridized carbons (Fsp3) is 0.571. The van der Waals surface area contributed by atoms with Crippen molar-refractivity contribution in [2.45, 2.75) is 20.3 Å². The molecule has 0 amide bonds. The number of hydrogen-bond donors (Lipinski definition) is 0. The summed E-state index contributed by atoms with van der Waals surface area (Å²) < 4.78 is 0. The van der Waals surface area contributed by atoms with Crippen LogP contribution in [0.4, 0.5) is 0 Å². The van der Waals surface area contributed by atoms with E-state index in [1.807, 2.05) is 0 Å². The minimum Gasteiger partial charge on any atom is -0.103 e. The van der Waals surface area contributed by atoms with Crippen LogP contribution in [0.15, 0.2) is 0 Å². The zero-order valence-corrected chi connectivity index (χ0v) is 4.99. The molecule has 0 saturated carbocycles. The van der Waals surface area contributed by atoms with Crippen LogP contribution in [0.2, 0.25) is 0 Å². The topological polar surface area (TPSA) is 0 Å². The summed E-state index contributed by atoms with van der Waals surface area (Å²) in [4.78, 5) is 0. The smallest absolute Gasteiger partial charge is 0.0198 e. The second kappa shape index (κ2) is 3.74. The molecule has 0 rings (SSSR count). The summed E-state index contributed by atoms with van der Waals surface area (Å²) in [6.45, 7) is 7.68. The molecule has 0 bridgehead atoms. The first-order valence-corrected chi connectivity index (χ1v) is 2.52. The molecule has 0 heteroatoms. The van der Waals surface area contributed by atoms with Gasteiger partial charge >= 0.3 is 0 Å². The lowest BCUT2D eigenvalue weighted by molar-refractivity contribution is 0.676. The summed E-state index contributed by atoms with van der Waals surface area (Å²) in [7, 11) is 0. The van der Waals surface area contributed by atoms with E-state index in [4.69, 9.17) is 0 Å². The molecule has 0 spiro atoms. The van der Waals surface area contributed by atoms with E-state index >= 15 is 0 Å². The lowest BCUT2D eigenvalue weighted by Crippen LogP contribution is -1.80. The van der Waals surface area contributed by atoms with Crippen molar-refractivity contribution >= 4 is 0 Å². The van der Waals surface area contributed by atoms with Gasteiger partial charge in [-0.05, 0) is 5.92 Å². The standard InChI is InChI=1S/C7H11/c1-4-5-6-7(2)3/h7H,1,6H2,2-3H3. The van der Waals surface area contributed by atoms with E-state index in [0.717, 1.165) is 6.42 Å². The third kappa shape index (κ3) is 5.56. The van der Waals surface area contributed by atoms with Crippen LogP contribution in [0.5, 0.6) is 0 Å². The van der Waals surface area contributed by atoms with Crippen molar-refractivity contribution in [3.05, 3.63) is 6.92 Å². The van der Waals surface area contributed by atoms with E-state index in [9.17, 15) is 0 Å². The summed E-state index contributed by atoms with van der Waals surface area (Å²) in [5.74, 6) is 6.17. The summed E-state index contributed by atoms with van der Waals surface area (Å²) in [5, 5.41) is 0. The van der Waals surface area contributed by atoms with Crippen LogP contribution in [0.25, 0.3) is 0 Å². The molecule has 0 nitrogen and oxygen atoms in total. The lowest BCUT2D eigenvalue weighted by atomic mass is 10.1. The van der Waals surface area contributed by atoms with Crippen molar-refractivity contribution in [3.8, 4) is 11.8 Å². The molecular weight excluding hydrogens is 84.1 g/mol. The second-order valence-corrected chi connectivity index (χ2v) is 1.95. The van der Waals surface area contributed by atoms with E-state index in [1.165, 1.54) is 0 Å². The highest BCUT2D eigenvalue weighted by Gasteiger charge is 1.83. The van der Waals surface area contributed by atoms with Gasteiger partial charge in [-0.1, -0.05) is 13.8 Å². The van der Waals surface area contributed by atoms with Crippen molar-refractivity contribution in [1.29, 1.82) is 0 Å². The zero-order chi connectivity index (χ0) is 5.70. The predicted octanol–water partition coefficient (Wildman–Crippen LogP) is 1.87. The molecule has 0 atom stereocenters. The predicted molar refractivity (Wildman–Crippen MR) is 32.6 cm³/mol. The Bertz CT molecular complexity index is 79.9. The van der Waals surface area contributed by atoms with E-state index in [0.29, 0.717) is 5.92 Å². The van der Waals surface area contributed by atoms with Gasteiger partial charge in [0.25, 0.3) is 0 Å². The summed E-state index contributed by atoms with van der Waals surface area (Å²) in [6, 6.07) is 0. The van der Waals surface area contributed by atoms with Crippen molar-refractivity contribution in [3.63, 3.8) is 0 Å². The van der Waals surface area contributed by atoms with Gasteiger partial charge in [-0.3, -0.25) is 0 Å². The molecule has 39 valence electrons. The second-order valence-electron chi connectivity index (χ2n) is 1.95. The van der Waals surface area contributed by atoms with E-state index < -0.39 is 0 Å². The first kappa shape index (κ1) is 6.56. The third-order valence-corrected chi connectivity index (χ3v) is 0.635. The molecule has 0 aliphatic rings. The van der Waals surface area contributed by atoms with Gasteiger partial charge in [0.2, 0.25) is 0 Å². The fourth-order valence-corrected chi connectivity index (χ4v) is 0.276. The van der Waals surface area contributed by atoms with Crippen LogP contribution in [-0.2, 0) is 0 Å². The maximum absolute atomic E-state index is 3.40. The van der Waals surface area contributed by atoms with Crippen molar-refractivity contribution in [2.24, 2.45) is 5.92 Å². The number of hydrogen-bond acceptors (Lipinski definition) is 0. The van der Waals surface area contributed by atoms with Gasteiger partial charge in [0, 0.05) is 13.3 Å². The lowest BCUT2D eigenvalue weighted by Gasteiger charge is -1.91. The Morgan fingerprint density at radius 3 is 2.29 bits per heavy atom. The Balaban J connectivity index is 3.08. The minimum absolute atomic E-state index is 0.689. The van der Waals surface area contributed by atoms with Crippen LogP contribution >= 0.6 is 0 Å². The summed E-state index contributed by atoms with van der Waals surface area (Å²) in [5.41, 5.74) is 0. The molecule has 0 heterocycles. The SMILES string of the molecule is [CH2]C#CCC(C)C. The molecular formula is C7H11. The van der Waals surface area contributed by atoms with Crippen molar-refractivity contribution in [1.82, 2.24) is 0 Å². The maximum atomic E-state index is 3.40. The molecule has 7 heavy (non-hydrogen) atoms. The molecule has 0 N–H and O–H groups in total. The normalized spacial score (nSPS) is 8.00. The van der Waals surface area contributed by atoms with Crippen LogP contribution in [0, 0.1) is 24.7 Å². The quantitative estimate of drug-likeness (QED) is 0.436. The maximum Gasteiger partial charge on any atom is 0.0198 e. The Hall–Kier alpha value is -0.440. The van der Waals surface area contributed by atoms with Gasteiger partial charge in [-0.15, -0.1) is 11.8 Å². The first-order valence-electron chi connectivity index (χ1n) is 2.52. The van der Waals surface area contributed by atoms with E-state index in [1.54, 1.807) is 0 Å². The largest absolute Gasteiger partial charge is 0.103 e. The van der Waals surface area contributed by atoms with Gasteiger partial charge < -0.3 is 0 Å². The monoisotopic (exact) mass is 95.1 g/mol. The molecule has 0 aliphatic carbocycles. The third-order valence-electron chi connectivity index (χ3n) is 0.635. The van der Waals surface area contributed by atoms with Crippen LogP contribution in [0.3, 0.4) is 0 Å². The summed E-state index contributed by atoms with van der Waals surface area (Å²) in [6.07, 6.45) is 0.976. The van der Waals surface area contributed by atoms with Crippen LogP contribution in [0.1, 0.15) is 20.3 Å². The van der Waals surface area contributed by atoms with Gasteiger partial charge in [0.15, 0.2) is 0 Å². The summed E-state index contributed by atoms with van der Waals surface area (Å²) >= 11 is 0. The van der Waals surface area contributed by atoms with Crippen molar-refractivity contribution < 1.29 is 0 Å². The molecule has 0 saturated heterocycles. The van der Waals surface area contributed by atoms with Crippen molar-refractivity contribution in [2.75, 3.05) is 0 Å². The van der Waals surface area contributed by atoms with Gasteiger partial charge in [0.1, 0.15) is 0 Å².